The van der Waals surface area contributed by atoms with E-state index >= 15 is 0 Å². The van der Waals surface area contributed by atoms with Crippen molar-refractivity contribution in [3.8, 4) is 5.75 Å². The Hall–Kier alpha value is -2.82. The molecule has 1 N–H and O–H groups in total. The molecule has 2 bridgehead atoms. The molecule has 33 heavy (non-hydrogen) atoms. The molecule has 4 aliphatic rings. The SMILES string of the molecule is O=C(NC[C@@H]1OC(=O)N2c3ccc(N4CC5CCC(O5)C4=O)cc3OC[C@@H]12)c1ccc(Cl)s1. The number of amides is 3. The predicted octanol–water partition coefficient (Wildman–Crippen LogP) is 2.81. The first-order chi connectivity index (χ1) is 16.0. The topological polar surface area (TPSA) is 97.4 Å². The van der Waals surface area contributed by atoms with Gasteiger partial charge >= 0.3 is 6.09 Å². The van der Waals surface area contributed by atoms with E-state index in [2.05, 4.69) is 5.32 Å². The van der Waals surface area contributed by atoms with Crippen LogP contribution < -0.4 is 19.9 Å². The number of nitrogens with zero attached hydrogens (tertiary/aromatic N) is 2. The van der Waals surface area contributed by atoms with Gasteiger partial charge in [-0.2, -0.15) is 0 Å². The summed E-state index contributed by atoms with van der Waals surface area (Å²) in [6.45, 7) is 0.888. The molecule has 172 valence electrons. The molecule has 5 heterocycles. The Morgan fingerprint density at radius 1 is 1.21 bits per heavy atom. The van der Waals surface area contributed by atoms with E-state index in [0.717, 1.165) is 18.5 Å². The van der Waals surface area contributed by atoms with E-state index in [1.165, 1.54) is 11.3 Å². The summed E-state index contributed by atoms with van der Waals surface area (Å²) in [5.74, 6) is 0.207. The highest BCUT2D eigenvalue weighted by atomic mass is 35.5. The van der Waals surface area contributed by atoms with Crippen LogP contribution in [-0.2, 0) is 14.3 Å². The molecule has 3 fully saturated rings. The van der Waals surface area contributed by atoms with Gasteiger partial charge in [0.25, 0.3) is 11.8 Å². The van der Waals surface area contributed by atoms with Crippen LogP contribution in [0.5, 0.6) is 5.75 Å². The van der Waals surface area contributed by atoms with Gasteiger partial charge in [-0.15, -0.1) is 11.3 Å². The van der Waals surface area contributed by atoms with Crippen LogP contribution in [0.3, 0.4) is 0 Å². The molecule has 6 rings (SSSR count). The fourth-order valence-corrected chi connectivity index (χ4v) is 5.76. The normalized spacial score (nSPS) is 27.7. The lowest BCUT2D eigenvalue weighted by molar-refractivity contribution is -0.133. The maximum atomic E-state index is 12.7. The maximum Gasteiger partial charge on any atom is 0.415 e. The number of thiophene rings is 1. The van der Waals surface area contributed by atoms with Crippen LogP contribution >= 0.6 is 22.9 Å². The lowest BCUT2D eigenvalue weighted by Gasteiger charge is -2.34. The largest absolute Gasteiger partial charge is 0.489 e. The van der Waals surface area contributed by atoms with Gasteiger partial charge in [-0.3, -0.25) is 14.5 Å². The van der Waals surface area contributed by atoms with Gasteiger partial charge < -0.3 is 24.4 Å². The molecule has 0 saturated carbocycles. The van der Waals surface area contributed by atoms with E-state index < -0.39 is 12.2 Å². The van der Waals surface area contributed by atoms with Crippen molar-refractivity contribution in [2.75, 3.05) is 29.5 Å². The monoisotopic (exact) mass is 489 g/mol. The summed E-state index contributed by atoms with van der Waals surface area (Å²) < 4.78 is 17.7. The van der Waals surface area contributed by atoms with Gasteiger partial charge in [-0.05, 0) is 37.1 Å². The van der Waals surface area contributed by atoms with Gasteiger partial charge in [0.2, 0.25) is 0 Å². The van der Waals surface area contributed by atoms with E-state index in [1.807, 2.05) is 6.07 Å². The number of fused-ring (bicyclic) bond motifs is 5. The van der Waals surface area contributed by atoms with Crippen LogP contribution in [0.15, 0.2) is 30.3 Å². The molecule has 0 radical (unpaired) electrons. The Morgan fingerprint density at radius 2 is 2.09 bits per heavy atom. The quantitative estimate of drug-likeness (QED) is 0.709. The summed E-state index contributed by atoms with van der Waals surface area (Å²) in [6.07, 6.45) is 0.272. The van der Waals surface area contributed by atoms with Crippen LogP contribution in [0, 0.1) is 0 Å². The van der Waals surface area contributed by atoms with Gasteiger partial charge in [0.1, 0.15) is 30.6 Å². The van der Waals surface area contributed by atoms with E-state index in [-0.39, 0.29) is 43.2 Å². The molecule has 11 heteroatoms. The highest BCUT2D eigenvalue weighted by Crippen LogP contribution is 2.42. The van der Waals surface area contributed by atoms with Crippen LogP contribution in [-0.4, -0.2) is 62.0 Å². The Labute approximate surface area is 198 Å². The fraction of sp³-hybridized carbons (Fsp3) is 0.409. The smallest absolute Gasteiger partial charge is 0.415 e. The van der Waals surface area contributed by atoms with Crippen LogP contribution in [0.1, 0.15) is 22.5 Å². The zero-order valence-corrected chi connectivity index (χ0v) is 18.9. The number of benzene rings is 1. The van der Waals surface area contributed by atoms with Crippen molar-refractivity contribution < 1.29 is 28.6 Å². The number of halogens is 1. The fourth-order valence-electron chi connectivity index (χ4n) is 4.80. The van der Waals surface area contributed by atoms with Gasteiger partial charge in [-0.25, -0.2) is 4.79 Å². The maximum absolute atomic E-state index is 12.7. The first-order valence-corrected chi connectivity index (χ1v) is 11.9. The van der Waals surface area contributed by atoms with Crippen LogP contribution in [0.4, 0.5) is 16.2 Å². The number of cyclic esters (lactones) is 1. The molecule has 0 aliphatic carbocycles. The number of rotatable bonds is 4. The third kappa shape index (κ3) is 3.53. The number of anilines is 2. The van der Waals surface area contributed by atoms with Gasteiger partial charge in [0.05, 0.1) is 34.1 Å². The first-order valence-electron chi connectivity index (χ1n) is 10.7. The molecule has 2 unspecified atom stereocenters. The van der Waals surface area contributed by atoms with E-state index in [1.54, 1.807) is 34.1 Å². The van der Waals surface area contributed by atoms with E-state index in [4.69, 9.17) is 25.8 Å². The summed E-state index contributed by atoms with van der Waals surface area (Å²) in [6, 6.07) is 8.32. The molecule has 4 aliphatic heterocycles. The third-order valence-electron chi connectivity index (χ3n) is 6.43. The zero-order chi connectivity index (χ0) is 22.7. The van der Waals surface area contributed by atoms with Gasteiger partial charge in [-0.1, -0.05) is 11.6 Å². The number of carbonyl (C=O) groups excluding carboxylic acids is 3. The molecule has 9 nitrogen and oxygen atoms in total. The second kappa shape index (κ2) is 7.89. The molecule has 1 aromatic heterocycles. The molecule has 3 amide bonds. The first kappa shape index (κ1) is 20.8. The minimum absolute atomic E-state index is 0.0409. The minimum atomic E-state index is -0.554. The molecule has 2 aromatic rings. The lowest BCUT2D eigenvalue weighted by atomic mass is 10.1. The minimum Gasteiger partial charge on any atom is -0.489 e. The van der Waals surface area contributed by atoms with Gasteiger partial charge in [0, 0.05) is 11.8 Å². The Balaban J connectivity index is 1.18. The summed E-state index contributed by atoms with van der Waals surface area (Å²) in [7, 11) is 0. The third-order valence-corrected chi connectivity index (χ3v) is 7.66. The molecular formula is C22H20ClN3O6S. The highest BCUT2D eigenvalue weighted by Gasteiger charge is 2.47. The van der Waals surface area contributed by atoms with E-state index in [9.17, 15) is 14.4 Å². The van der Waals surface area contributed by atoms with Crippen molar-refractivity contribution in [2.45, 2.75) is 37.2 Å². The number of hydrogen-bond donors (Lipinski definition) is 1. The average Bonchev–Trinajstić information content (AvgIpc) is 3.52. The Bertz CT molecular complexity index is 1150. The van der Waals surface area contributed by atoms with Crippen molar-refractivity contribution in [3.05, 3.63) is 39.5 Å². The number of morpholine rings is 1. The Morgan fingerprint density at radius 3 is 2.91 bits per heavy atom. The van der Waals surface area contributed by atoms with Crippen molar-refractivity contribution in [1.82, 2.24) is 5.32 Å². The van der Waals surface area contributed by atoms with E-state index in [0.29, 0.717) is 27.2 Å². The number of nitrogens with one attached hydrogen (secondary N) is 1. The predicted molar refractivity (Wildman–Crippen MR) is 120 cm³/mol. The van der Waals surface area contributed by atoms with Crippen molar-refractivity contribution in [2.24, 2.45) is 0 Å². The molecule has 0 spiro atoms. The standard InChI is InChI=1S/C22H20ClN3O6S/c23-19-6-5-18(33-19)20(27)24-8-17-14-10-30-16-7-11(1-3-13(16)26(14)22(29)32-17)25-9-12-2-4-15(31-12)21(25)28/h1,3,5-7,12,14-15,17H,2,4,8-10H2,(H,24,27)/t12?,14-,15?,17-/m0/s1. The number of ether oxygens (including phenoxy) is 3. The summed E-state index contributed by atoms with van der Waals surface area (Å²) in [5.41, 5.74) is 1.31. The molecule has 1 aromatic carbocycles. The summed E-state index contributed by atoms with van der Waals surface area (Å²) >= 11 is 7.08. The van der Waals surface area contributed by atoms with Gasteiger partial charge in [0.15, 0.2) is 0 Å². The highest BCUT2D eigenvalue weighted by molar-refractivity contribution is 7.18. The molecule has 4 atom stereocenters. The number of hydrogen-bond acceptors (Lipinski definition) is 7. The zero-order valence-electron chi connectivity index (χ0n) is 17.4. The second-order valence-corrected chi connectivity index (χ2v) is 10.1. The van der Waals surface area contributed by atoms with Crippen LogP contribution in [0.2, 0.25) is 4.34 Å². The Kier molecular flexibility index (Phi) is 4.97. The summed E-state index contributed by atoms with van der Waals surface area (Å²) in [4.78, 5) is 41.5. The average molecular weight is 490 g/mol. The second-order valence-electron chi connectivity index (χ2n) is 8.41. The molecular weight excluding hydrogens is 470 g/mol. The van der Waals surface area contributed by atoms with Crippen molar-refractivity contribution in [1.29, 1.82) is 0 Å². The van der Waals surface area contributed by atoms with Crippen molar-refractivity contribution in [3.63, 3.8) is 0 Å². The van der Waals surface area contributed by atoms with Crippen molar-refractivity contribution >= 4 is 52.2 Å². The number of carbonyl (C=O) groups is 3. The lowest BCUT2D eigenvalue weighted by Crippen LogP contribution is -2.48. The summed E-state index contributed by atoms with van der Waals surface area (Å²) in [5, 5.41) is 2.80. The molecule has 3 saturated heterocycles. The van der Waals surface area contributed by atoms with Crippen LogP contribution in [0.25, 0.3) is 0 Å².